The molecule has 0 heterocycles. The second-order valence-electron chi connectivity index (χ2n) is 6.99. The number of rotatable bonds is 1. The predicted octanol–water partition coefficient (Wildman–Crippen LogP) is 4.97. The molecule has 4 rings (SSSR count). The summed E-state index contributed by atoms with van der Waals surface area (Å²) in [6.07, 6.45) is 12.5. The Morgan fingerprint density at radius 3 is 2.31 bits per heavy atom. The second-order valence-corrected chi connectivity index (χ2v) is 10.1. The van der Waals surface area contributed by atoms with Crippen LogP contribution in [0.15, 0.2) is 0 Å². The fourth-order valence-corrected chi connectivity index (χ4v) is 8.04. The first kappa shape index (κ1) is 11.3. The molecule has 0 saturated heterocycles. The molecule has 0 radical (unpaired) electrons. The molecular weight excluding hydrogens is 422 g/mol. The lowest BCUT2D eigenvalue weighted by molar-refractivity contribution is 0.368. The predicted molar refractivity (Wildman–Crippen MR) is 84.4 cm³/mol. The zero-order valence-electron chi connectivity index (χ0n) is 9.72. The summed E-state index contributed by atoms with van der Waals surface area (Å²) in [5.41, 5.74) is 1.72. The third-order valence-electron chi connectivity index (χ3n) is 6.14. The van der Waals surface area contributed by atoms with Crippen molar-refractivity contribution < 1.29 is 0 Å². The molecule has 4 aliphatic carbocycles. The zero-order chi connectivity index (χ0) is 11.0. The normalized spacial score (nSPS) is 57.4. The molecule has 0 aromatic carbocycles. The maximum absolute atomic E-state index is 2.79. The smallest absolute Gasteiger partial charge is 0.0169 e. The molecule has 5 atom stereocenters. The molecule has 4 aliphatic rings. The maximum Gasteiger partial charge on any atom is 0.0169 e. The van der Waals surface area contributed by atoms with Gasteiger partial charge in [0, 0.05) is 7.85 Å². The fraction of sp³-hybridized carbons (Fsp3) is 1.00. The molecule has 4 fully saturated rings. The highest BCUT2D eigenvalue weighted by Gasteiger charge is 2.66. The Kier molecular flexibility index (Phi) is 2.48. The van der Waals surface area contributed by atoms with Crippen molar-refractivity contribution in [3.8, 4) is 0 Å². The highest BCUT2D eigenvalue weighted by Crippen LogP contribution is 2.73. The van der Waals surface area contributed by atoms with Crippen molar-refractivity contribution in [2.45, 2.75) is 59.2 Å². The fourth-order valence-electron chi connectivity index (χ4n) is 4.89. The number of hydrogen-bond acceptors (Lipinski definition) is 0. The molecule has 0 nitrogen and oxygen atoms in total. The Morgan fingerprint density at radius 1 is 0.938 bits per heavy atom. The minimum Gasteiger partial charge on any atom is -0.0823 e. The van der Waals surface area contributed by atoms with Crippen molar-refractivity contribution >= 4 is 45.2 Å². The molecule has 2 heteroatoms. The van der Waals surface area contributed by atoms with Gasteiger partial charge in [0.2, 0.25) is 0 Å². The van der Waals surface area contributed by atoms with E-state index in [1.54, 1.807) is 38.5 Å². The minimum absolute atomic E-state index is 0.842. The van der Waals surface area contributed by atoms with E-state index in [9.17, 15) is 0 Å². The molecule has 5 unspecified atom stereocenters. The quantitative estimate of drug-likeness (QED) is 0.398. The van der Waals surface area contributed by atoms with Gasteiger partial charge in [0.15, 0.2) is 0 Å². The van der Waals surface area contributed by atoms with Crippen LogP contribution < -0.4 is 0 Å². The van der Waals surface area contributed by atoms with E-state index in [1.165, 1.54) is 12.8 Å². The van der Waals surface area contributed by atoms with Crippen LogP contribution in [-0.2, 0) is 0 Å². The van der Waals surface area contributed by atoms with Gasteiger partial charge in [0.25, 0.3) is 0 Å². The SMILES string of the molecule is IC1CC2(CC2)CC1C1CC12CCCC2I. The van der Waals surface area contributed by atoms with Gasteiger partial charge in [-0.05, 0) is 67.6 Å². The monoisotopic (exact) mass is 442 g/mol. The molecule has 0 aromatic rings. The summed E-state index contributed by atoms with van der Waals surface area (Å²) >= 11 is 5.56. The van der Waals surface area contributed by atoms with E-state index in [2.05, 4.69) is 45.2 Å². The topological polar surface area (TPSA) is 0 Å². The Morgan fingerprint density at radius 2 is 1.75 bits per heavy atom. The largest absolute Gasteiger partial charge is 0.0823 e. The molecule has 0 N–H and O–H groups in total. The van der Waals surface area contributed by atoms with Gasteiger partial charge in [-0.15, -0.1) is 0 Å². The average molecular weight is 442 g/mol. The van der Waals surface area contributed by atoms with Crippen molar-refractivity contribution in [2.24, 2.45) is 22.7 Å². The van der Waals surface area contributed by atoms with Gasteiger partial charge in [-0.2, -0.15) is 0 Å². The summed E-state index contributed by atoms with van der Waals surface area (Å²) < 4.78 is 2.04. The lowest BCUT2D eigenvalue weighted by Crippen LogP contribution is -2.18. The summed E-state index contributed by atoms with van der Waals surface area (Å²) in [7, 11) is 0. The van der Waals surface area contributed by atoms with Crippen LogP contribution >= 0.6 is 45.2 Å². The van der Waals surface area contributed by atoms with Crippen LogP contribution in [0.1, 0.15) is 51.4 Å². The maximum atomic E-state index is 2.79. The van der Waals surface area contributed by atoms with Crippen LogP contribution in [0.5, 0.6) is 0 Å². The highest BCUT2D eigenvalue weighted by molar-refractivity contribution is 14.1. The lowest BCUT2D eigenvalue weighted by atomic mass is 9.91. The van der Waals surface area contributed by atoms with Gasteiger partial charge < -0.3 is 0 Å². The van der Waals surface area contributed by atoms with Crippen LogP contribution in [0.25, 0.3) is 0 Å². The summed E-state index contributed by atoms with van der Waals surface area (Å²) in [6.45, 7) is 0. The van der Waals surface area contributed by atoms with Crippen LogP contribution in [0, 0.1) is 22.7 Å². The van der Waals surface area contributed by atoms with Crippen LogP contribution in [0.2, 0.25) is 0 Å². The van der Waals surface area contributed by atoms with Gasteiger partial charge in [0.1, 0.15) is 0 Å². The molecule has 0 aliphatic heterocycles. The average Bonchev–Trinajstić information content (AvgIpc) is 3.06. The summed E-state index contributed by atoms with van der Waals surface area (Å²) in [6, 6.07) is 0. The first-order valence-corrected chi connectivity index (χ1v) is 9.43. The molecule has 16 heavy (non-hydrogen) atoms. The van der Waals surface area contributed by atoms with Crippen molar-refractivity contribution in [2.75, 3.05) is 0 Å². The van der Waals surface area contributed by atoms with Gasteiger partial charge >= 0.3 is 0 Å². The van der Waals surface area contributed by atoms with E-state index >= 15 is 0 Å². The first-order valence-electron chi connectivity index (χ1n) is 6.93. The van der Waals surface area contributed by atoms with Crippen molar-refractivity contribution in [1.29, 1.82) is 0 Å². The molecule has 0 aromatic heterocycles. The number of hydrogen-bond donors (Lipinski definition) is 0. The van der Waals surface area contributed by atoms with E-state index in [0.29, 0.717) is 0 Å². The van der Waals surface area contributed by atoms with Gasteiger partial charge in [-0.25, -0.2) is 0 Å². The van der Waals surface area contributed by atoms with Crippen molar-refractivity contribution in [3.05, 3.63) is 0 Å². The standard InChI is InChI=1S/C14H20I2/c15-11-8-13(4-5-13)6-9(11)10-7-14(10)3-1-2-12(14)16/h9-12H,1-8H2. The number of halogens is 2. The van der Waals surface area contributed by atoms with E-state index in [-0.39, 0.29) is 0 Å². The first-order chi connectivity index (χ1) is 7.65. The minimum atomic E-state index is 0.842. The summed E-state index contributed by atoms with van der Waals surface area (Å²) in [5.74, 6) is 2.25. The van der Waals surface area contributed by atoms with Crippen LogP contribution in [0.4, 0.5) is 0 Å². The van der Waals surface area contributed by atoms with Crippen LogP contribution in [-0.4, -0.2) is 7.85 Å². The summed E-state index contributed by atoms with van der Waals surface area (Å²) in [5, 5.41) is 0. The Labute approximate surface area is 126 Å². The van der Waals surface area contributed by atoms with Crippen molar-refractivity contribution in [1.82, 2.24) is 0 Å². The van der Waals surface area contributed by atoms with E-state index in [4.69, 9.17) is 0 Å². The second kappa shape index (κ2) is 3.51. The third kappa shape index (κ3) is 1.50. The van der Waals surface area contributed by atoms with Crippen LogP contribution in [0.3, 0.4) is 0 Å². The molecule has 0 amide bonds. The van der Waals surface area contributed by atoms with Gasteiger partial charge in [-0.1, -0.05) is 51.6 Å². The third-order valence-corrected chi connectivity index (χ3v) is 9.36. The van der Waals surface area contributed by atoms with Gasteiger partial charge in [0.05, 0.1) is 0 Å². The lowest BCUT2D eigenvalue weighted by Gasteiger charge is -2.20. The van der Waals surface area contributed by atoms with Gasteiger partial charge in [-0.3, -0.25) is 0 Å². The Balaban J connectivity index is 1.52. The van der Waals surface area contributed by atoms with E-state index in [0.717, 1.165) is 30.5 Å². The zero-order valence-corrected chi connectivity index (χ0v) is 14.0. The van der Waals surface area contributed by atoms with E-state index < -0.39 is 0 Å². The molecule has 4 saturated carbocycles. The molecule has 2 spiro atoms. The van der Waals surface area contributed by atoms with Crippen molar-refractivity contribution in [3.63, 3.8) is 0 Å². The molecular formula is C14H20I2. The Bertz CT molecular complexity index is 323. The number of alkyl halides is 2. The summed E-state index contributed by atoms with van der Waals surface area (Å²) in [4.78, 5) is 0. The highest BCUT2D eigenvalue weighted by atomic mass is 127. The molecule has 90 valence electrons. The molecule has 0 bridgehead atoms. The van der Waals surface area contributed by atoms with E-state index in [1.807, 2.05) is 0 Å². The Hall–Kier alpha value is 1.46.